The molecule has 1 unspecified atom stereocenters. The molecular formula is C30H51NO7P+. The molecule has 0 radical (unpaired) electrons. The lowest BCUT2D eigenvalue weighted by Gasteiger charge is -2.24. The summed E-state index contributed by atoms with van der Waals surface area (Å²) in [6.07, 6.45) is 30.6. The maximum absolute atomic E-state index is 12.0. The molecule has 0 aromatic carbocycles. The lowest BCUT2D eigenvalue weighted by molar-refractivity contribution is -0.870. The van der Waals surface area contributed by atoms with E-state index >= 15 is 0 Å². The monoisotopic (exact) mass is 568 g/mol. The molecule has 0 aliphatic heterocycles. The highest BCUT2D eigenvalue weighted by Gasteiger charge is 2.25. The van der Waals surface area contributed by atoms with Crippen LogP contribution in [0.1, 0.15) is 58.3 Å². The Morgan fingerprint density at radius 3 is 1.69 bits per heavy atom. The summed E-state index contributed by atoms with van der Waals surface area (Å²) in [6.45, 7) is 1.73. The van der Waals surface area contributed by atoms with Gasteiger partial charge in [-0.3, -0.25) is 13.8 Å². The zero-order chi connectivity index (χ0) is 29.2. The van der Waals surface area contributed by atoms with Crippen molar-refractivity contribution in [3.8, 4) is 0 Å². The van der Waals surface area contributed by atoms with E-state index in [2.05, 4.69) is 67.7 Å². The Bertz CT molecular complexity index is 854. The van der Waals surface area contributed by atoms with Gasteiger partial charge >= 0.3 is 13.8 Å². The van der Waals surface area contributed by atoms with E-state index in [1.54, 1.807) is 0 Å². The minimum Gasteiger partial charge on any atom is -0.457 e. The van der Waals surface area contributed by atoms with Crippen molar-refractivity contribution in [1.82, 2.24) is 0 Å². The fourth-order valence-corrected chi connectivity index (χ4v) is 3.60. The van der Waals surface area contributed by atoms with E-state index in [1.165, 1.54) is 0 Å². The summed E-state index contributed by atoms with van der Waals surface area (Å²) >= 11 is 0. The van der Waals surface area contributed by atoms with Crippen LogP contribution in [-0.4, -0.2) is 74.1 Å². The number of allylic oxidation sites excluding steroid dienone is 12. The number of ether oxygens (including phenoxy) is 1. The second-order valence-electron chi connectivity index (χ2n) is 9.86. The molecule has 0 fully saturated rings. The molecule has 8 nitrogen and oxygen atoms in total. The van der Waals surface area contributed by atoms with E-state index in [0.29, 0.717) is 17.4 Å². The average molecular weight is 569 g/mol. The van der Waals surface area contributed by atoms with Crippen LogP contribution >= 0.6 is 7.82 Å². The van der Waals surface area contributed by atoms with Crippen LogP contribution in [-0.2, 0) is 23.1 Å². The number of aliphatic hydroxyl groups is 1. The van der Waals surface area contributed by atoms with Gasteiger partial charge in [0.1, 0.15) is 19.3 Å². The largest absolute Gasteiger partial charge is 0.472 e. The highest BCUT2D eigenvalue weighted by atomic mass is 31.2. The number of esters is 1. The Balaban J connectivity index is 3.95. The Kier molecular flexibility index (Phi) is 22.5. The molecule has 0 heterocycles. The van der Waals surface area contributed by atoms with Crippen LogP contribution in [0.3, 0.4) is 0 Å². The lowest BCUT2D eigenvalue weighted by Crippen LogP contribution is -2.37. The molecule has 2 atom stereocenters. The molecule has 0 saturated heterocycles. The van der Waals surface area contributed by atoms with Gasteiger partial charge in [-0.2, -0.15) is 0 Å². The van der Waals surface area contributed by atoms with Gasteiger partial charge in [-0.05, 0) is 44.9 Å². The highest BCUT2D eigenvalue weighted by molar-refractivity contribution is 7.47. The second-order valence-corrected chi connectivity index (χ2v) is 11.3. The Morgan fingerprint density at radius 1 is 0.795 bits per heavy atom. The summed E-state index contributed by atoms with van der Waals surface area (Å²) in [5.74, 6) is -0.518. The maximum Gasteiger partial charge on any atom is 0.472 e. The number of hydrogen-bond donors (Lipinski definition) is 2. The Morgan fingerprint density at radius 2 is 1.26 bits per heavy atom. The number of nitrogens with zero attached hydrogens (tertiary/aromatic N) is 1. The van der Waals surface area contributed by atoms with Crippen molar-refractivity contribution >= 4 is 13.8 Å². The number of rotatable bonds is 23. The number of carbonyl (C=O) groups excluding carboxylic acids is 1. The van der Waals surface area contributed by atoms with Crippen LogP contribution in [0.4, 0.5) is 0 Å². The molecule has 222 valence electrons. The van der Waals surface area contributed by atoms with Gasteiger partial charge in [-0.25, -0.2) is 4.57 Å². The third kappa shape index (κ3) is 27.3. The van der Waals surface area contributed by atoms with E-state index < -0.39 is 33.1 Å². The Hall–Kier alpha value is -2.06. The van der Waals surface area contributed by atoms with Crippen LogP contribution in [0.2, 0.25) is 0 Å². The summed E-state index contributed by atoms with van der Waals surface area (Å²) in [7, 11) is 1.49. The number of carbonyl (C=O) groups is 1. The van der Waals surface area contributed by atoms with Gasteiger partial charge in [0, 0.05) is 6.42 Å². The first kappa shape index (κ1) is 36.9. The maximum atomic E-state index is 12.0. The minimum absolute atomic E-state index is 0.0345. The lowest BCUT2D eigenvalue weighted by atomic mass is 10.2. The third-order valence-corrected chi connectivity index (χ3v) is 6.04. The molecule has 0 aliphatic carbocycles. The van der Waals surface area contributed by atoms with Crippen LogP contribution in [0.15, 0.2) is 72.9 Å². The summed E-state index contributed by atoms with van der Waals surface area (Å²) < 4.78 is 27.4. The molecule has 0 saturated carbocycles. The molecule has 0 rings (SSSR count). The van der Waals surface area contributed by atoms with Gasteiger partial charge < -0.3 is 19.2 Å². The summed E-state index contributed by atoms with van der Waals surface area (Å²) in [5.41, 5.74) is 0. The predicted molar refractivity (Wildman–Crippen MR) is 159 cm³/mol. The van der Waals surface area contributed by atoms with Crippen LogP contribution in [0, 0.1) is 0 Å². The van der Waals surface area contributed by atoms with Gasteiger partial charge in [0.25, 0.3) is 0 Å². The summed E-state index contributed by atoms with van der Waals surface area (Å²) in [5, 5.41) is 9.38. The first-order valence-electron chi connectivity index (χ1n) is 13.7. The van der Waals surface area contributed by atoms with Crippen molar-refractivity contribution in [2.45, 2.75) is 64.4 Å². The average Bonchev–Trinajstić information content (AvgIpc) is 2.87. The standard InChI is InChI=1S/C30H50NO7P/c1-5-6-7-8-9-10-11-12-13-14-15-16-17-18-19-20-21-22-23-24-30(33)38-29(27-32)28-37-39(34,35)36-26-25-31(2,3)4/h6-7,9-10,12-13,15-16,18-19,21-22,29,32H,5,8,11,14,17,20,23-28H2,1-4H3/p+1/b7-6-,10-9-,13-12-,16-15-,19-18-,22-21-/t29-/m0/s1. The number of aliphatic hydroxyl groups excluding tert-OH is 1. The Labute approximate surface area is 236 Å². The van der Waals surface area contributed by atoms with E-state index in [0.717, 1.165) is 38.5 Å². The van der Waals surface area contributed by atoms with Crippen molar-refractivity contribution in [3.63, 3.8) is 0 Å². The number of hydrogen-bond acceptors (Lipinski definition) is 6. The molecule has 0 amide bonds. The minimum atomic E-state index is -4.29. The zero-order valence-electron chi connectivity index (χ0n) is 24.3. The van der Waals surface area contributed by atoms with Gasteiger partial charge in [0.2, 0.25) is 0 Å². The number of phosphoric acid groups is 1. The first-order chi connectivity index (χ1) is 18.6. The predicted octanol–water partition coefficient (Wildman–Crippen LogP) is 6.21. The van der Waals surface area contributed by atoms with Crippen molar-refractivity contribution in [2.24, 2.45) is 0 Å². The quantitative estimate of drug-likeness (QED) is 0.0654. The van der Waals surface area contributed by atoms with Crippen LogP contribution in [0.25, 0.3) is 0 Å². The van der Waals surface area contributed by atoms with E-state index in [9.17, 15) is 19.4 Å². The first-order valence-corrected chi connectivity index (χ1v) is 15.2. The summed E-state index contributed by atoms with van der Waals surface area (Å²) in [6, 6.07) is 0. The molecule has 0 aromatic rings. The number of likely N-dealkylation sites (N-methyl/N-ethyl adjacent to an activating group) is 1. The van der Waals surface area contributed by atoms with Gasteiger partial charge in [-0.1, -0.05) is 79.8 Å². The second kappa shape index (κ2) is 23.8. The van der Waals surface area contributed by atoms with Gasteiger partial charge in [-0.15, -0.1) is 0 Å². The zero-order valence-corrected chi connectivity index (χ0v) is 25.2. The fraction of sp³-hybridized carbons (Fsp3) is 0.567. The van der Waals surface area contributed by atoms with Crippen LogP contribution in [0.5, 0.6) is 0 Å². The van der Waals surface area contributed by atoms with Crippen molar-refractivity contribution in [2.75, 3.05) is 47.5 Å². The van der Waals surface area contributed by atoms with E-state index in [1.807, 2.05) is 33.3 Å². The van der Waals surface area contributed by atoms with Crippen molar-refractivity contribution in [3.05, 3.63) is 72.9 Å². The van der Waals surface area contributed by atoms with E-state index in [4.69, 9.17) is 13.8 Å². The van der Waals surface area contributed by atoms with Crippen molar-refractivity contribution < 1.29 is 37.6 Å². The molecule has 9 heteroatoms. The number of quaternary nitrogens is 1. The molecular weight excluding hydrogens is 517 g/mol. The highest BCUT2D eigenvalue weighted by Crippen LogP contribution is 2.43. The number of phosphoric ester groups is 1. The topological polar surface area (TPSA) is 102 Å². The molecule has 0 aromatic heterocycles. The van der Waals surface area contributed by atoms with E-state index in [-0.39, 0.29) is 13.0 Å². The smallest absolute Gasteiger partial charge is 0.457 e. The molecule has 0 aliphatic rings. The van der Waals surface area contributed by atoms with Crippen LogP contribution < -0.4 is 0 Å². The fourth-order valence-electron chi connectivity index (χ4n) is 2.85. The normalized spacial score (nSPS) is 15.5. The SMILES string of the molecule is CC/C=C\C/C=C\C/C=C\C/C=C\C/C=C\C/C=C\CCC(=O)O[C@@H](CO)COP(=O)(O)OCC[N+](C)(C)C. The summed E-state index contributed by atoms with van der Waals surface area (Å²) in [4.78, 5) is 21.7. The molecule has 0 spiro atoms. The molecule has 39 heavy (non-hydrogen) atoms. The van der Waals surface area contributed by atoms with Gasteiger partial charge in [0.15, 0.2) is 0 Å². The van der Waals surface area contributed by atoms with Crippen molar-refractivity contribution in [1.29, 1.82) is 0 Å². The van der Waals surface area contributed by atoms with Gasteiger partial charge in [0.05, 0.1) is 34.4 Å². The molecule has 2 N–H and O–H groups in total. The molecule has 0 bridgehead atoms. The third-order valence-electron chi connectivity index (χ3n) is 5.05.